The maximum absolute atomic E-state index is 5.58. The normalized spacial score (nSPS) is 24.7. The lowest BCUT2D eigenvalue weighted by atomic mass is 10.1. The Bertz CT molecular complexity index is 555. The number of anilines is 1. The van der Waals surface area contributed by atoms with Crippen LogP contribution in [0, 0.1) is 6.92 Å². The smallest absolute Gasteiger partial charge is 0.157 e. The molecule has 1 saturated heterocycles. The van der Waals surface area contributed by atoms with Crippen LogP contribution in [-0.2, 0) is 4.74 Å². The summed E-state index contributed by atoms with van der Waals surface area (Å²) >= 11 is 0. The van der Waals surface area contributed by atoms with E-state index >= 15 is 0 Å². The molecule has 2 atom stereocenters. The van der Waals surface area contributed by atoms with Crippen LogP contribution in [-0.4, -0.2) is 39.9 Å². The molecular formula is C13H18N4O. The Morgan fingerprint density at radius 2 is 2.00 bits per heavy atom. The monoisotopic (exact) mass is 246 g/mol. The number of aromatic nitrogens is 3. The number of morpholine rings is 1. The molecule has 0 aromatic carbocycles. The summed E-state index contributed by atoms with van der Waals surface area (Å²) in [5.41, 5.74) is 1.92. The molecule has 18 heavy (non-hydrogen) atoms. The average molecular weight is 246 g/mol. The summed E-state index contributed by atoms with van der Waals surface area (Å²) < 4.78 is 7.49. The largest absolute Gasteiger partial charge is 0.377 e. The Morgan fingerprint density at radius 3 is 2.72 bits per heavy atom. The van der Waals surface area contributed by atoms with Crippen LogP contribution >= 0.6 is 0 Å². The summed E-state index contributed by atoms with van der Waals surface area (Å²) in [4.78, 5) is 6.86. The molecule has 3 rings (SSSR count). The Labute approximate surface area is 106 Å². The molecule has 2 aromatic heterocycles. The van der Waals surface area contributed by atoms with E-state index in [1.165, 1.54) is 0 Å². The van der Waals surface area contributed by atoms with Crippen molar-refractivity contribution in [2.45, 2.75) is 32.9 Å². The highest BCUT2D eigenvalue weighted by Gasteiger charge is 2.27. The van der Waals surface area contributed by atoms with E-state index in [1.54, 1.807) is 6.20 Å². The molecule has 3 heterocycles. The molecule has 5 heteroatoms. The van der Waals surface area contributed by atoms with E-state index in [2.05, 4.69) is 34.9 Å². The molecule has 1 aliphatic rings. The van der Waals surface area contributed by atoms with Gasteiger partial charge in [-0.25, -0.2) is 4.98 Å². The van der Waals surface area contributed by atoms with Crippen LogP contribution in [0.4, 0.5) is 5.82 Å². The van der Waals surface area contributed by atoms with Crippen LogP contribution in [0.15, 0.2) is 18.3 Å². The van der Waals surface area contributed by atoms with E-state index in [0.717, 1.165) is 30.4 Å². The second-order valence-corrected chi connectivity index (χ2v) is 5.00. The molecular weight excluding hydrogens is 228 g/mol. The number of rotatable bonds is 1. The highest BCUT2D eigenvalue weighted by Crippen LogP contribution is 2.24. The first-order valence-corrected chi connectivity index (χ1v) is 6.34. The zero-order chi connectivity index (χ0) is 12.7. The summed E-state index contributed by atoms with van der Waals surface area (Å²) in [5.74, 6) is 1.10. The molecule has 5 nitrogen and oxygen atoms in total. The summed E-state index contributed by atoms with van der Waals surface area (Å²) in [6.45, 7) is 7.90. The number of aryl methyl sites for hydroxylation is 1. The predicted molar refractivity (Wildman–Crippen MR) is 69.9 cm³/mol. The van der Waals surface area contributed by atoms with Crippen LogP contribution in [0.2, 0.25) is 0 Å². The van der Waals surface area contributed by atoms with Crippen molar-refractivity contribution < 1.29 is 4.74 Å². The predicted octanol–water partition coefficient (Wildman–Crippen LogP) is 1.65. The van der Waals surface area contributed by atoms with Gasteiger partial charge in [0.25, 0.3) is 0 Å². The number of fused-ring (bicyclic) bond motifs is 1. The first kappa shape index (κ1) is 11.5. The SMILES string of the molecule is Cc1cc(N2C(C)COCC2C)n2nccc2n1. The van der Waals surface area contributed by atoms with Crippen LogP contribution in [0.3, 0.4) is 0 Å². The van der Waals surface area contributed by atoms with Crippen molar-refractivity contribution in [3.8, 4) is 0 Å². The molecule has 0 radical (unpaired) electrons. The zero-order valence-electron chi connectivity index (χ0n) is 11.0. The lowest BCUT2D eigenvalue weighted by molar-refractivity contribution is 0.0749. The van der Waals surface area contributed by atoms with Crippen molar-refractivity contribution in [2.75, 3.05) is 18.1 Å². The molecule has 0 N–H and O–H groups in total. The third-order valence-corrected chi connectivity index (χ3v) is 3.40. The molecule has 0 amide bonds. The van der Waals surface area contributed by atoms with Gasteiger partial charge in [-0.3, -0.25) is 0 Å². The van der Waals surface area contributed by atoms with Crippen molar-refractivity contribution in [3.63, 3.8) is 0 Å². The minimum absolute atomic E-state index is 0.350. The lowest BCUT2D eigenvalue weighted by Gasteiger charge is -2.40. The zero-order valence-corrected chi connectivity index (χ0v) is 11.0. The summed E-state index contributed by atoms with van der Waals surface area (Å²) in [6.07, 6.45) is 1.79. The molecule has 1 aliphatic heterocycles. The highest BCUT2D eigenvalue weighted by atomic mass is 16.5. The van der Waals surface area contributed by atoms with Gasteiger partial charge in [-0.05, 0) is 20.8 Å². The molecule has 0 aliphatic carbocycles. The first-order chi connectivity index (χ1) is 8.66. The van der Waals surface area contributed by atoms with Crippen LogP contribution < -0.4 is 4.90 Å². The van der Waals surface area contributed by atoms with E-state index in [4.69, 9.17) is 4.74 Å². The van der Waals surface area contributed by atoms with Gasteiger partial charge in [0.1, 0.15) is 5.82 Å². The van der Waals surface area contributed by atoms with Crippen LogP contribution in [0.5, 0.6) is 0 Å². The van der Waals surface area contributed by atoms with Crippen molar-refractivity contribution in [2.24, 2.45) is 0 Å². The summed E-state index contributed by atoms with van der Waals surface area (Å²) in [7, 11) is 0. The maximum atomic E-state index is 5.58. The van der Waals surface area contributed by atoms with Crippen molar-refractivity contribution in [1.29, 1.82) is 0 Å². The van der Waals surface area contributed by atoms with Gasteiger partial charge in [-0.15, -0.1) is 0 Å². The topological polar surface area (TPSA) is 42.7 Å². The highest BCUT2D eigenvalue weighted by molar-refractivity contribution is 5.52. The average Bonchev–Trinajstić information content (AvgIpc) is 2.76. The third kappa shape index (κ3) is 1.75. The summed E-state index contributed by atoms with van der Waals surface area (Å²) in [6, 6.07) is 4.73. The Balaban J connectivity index is 2.14. The summed E-state index contributed by atoms with van der Waals surface area (Å²) in [5, 5.41) is 4.38. The van der Waals surface area contributed by atoms with Gasteiger partial charge in [0.2, 0.25) is 0 Å². The molecule has 96 valence electrons. The van der Waals surface area contributed by atoms with Crippen molar-refractivity contribution in [3.05, 3.63) is 24.0 Å². The fourth-order valence-corrected chi connectivity index (χ4v) is 2.66. The van der Waals surface area contributed by atoms with Gasteiger partial charge in [0.15, 0.2) is 5.65 Å². The molecule has 0 bridgehead atoms. The van der Waals surface area contributed by atoms with Gasteiger partial charge in [-0.1, -0.05) is 0 Å². The Hall–Kier alpha value is -1.62. The van der Waals surface area contributed by atoms with Crippen LogP contribution in [0.25, 0.3) is 5.65 Å². The minimum atomic E-state index is 0.350. The number of nitrogens with zero attached hydrogens (tertiary/aromatic N) is 4. The second-order valence-electron chi connectivity index (χ2n) is 5.00. The Morgan fingerprint density at radius 1 is 1.28 bits per heavy atom. The Kier molecular flexibility index (Phi) is 2.70. The van der Waals surface area contributed by atoms with Gasteiger partial charge in [0.05, 0.1) is 31.5 Å². The van der Waals surface area contributed by atoms with Gasteiger partial charge < -0.3 is 9.64 Å². The molecule has 0 spiro atoms. The van der Waals surface area contributed by atoms with Gasteiger partial charge >= 0.3 is 0 Å². The van der Waals surface area contributed by atoms with E-state index in [-0.39, 0.29) is 0 Å². The second kappa shape index (κ2) is 4.24. The standard InChI is InChI=1S/C13H18N4O/c1-9-6-13(17-12(15-9)4-5-14-17)16-10(2)7-18-8-11(16)3/h4-6,10-11H,7-8H2,1-3H3. The number of ether oxygens (including phenoxy) is 1. The van der Waals surface area contributed by atoms with Crippen molar-refractivity contribution in [1.82, 2.24) is 14.6 Å². The molecule has 1 fully saturated rings. The lowest BCUT2D eigenvalue weighted by Crippen LogP contribution is -2.50. The maximum Gasteiger partial charge on any atom is 0.157 e. The third-order valence-electron chi connectivity index (χ3n) is 3.40. The van der Waals surface area contributed by atoms with E-state index in [0.29, 0.717) is 12.1 Å². The minimum Gasteiger partial charge on any atom is -0.377 e. The van der Waals surface area contributed by atoms with Gasteiger partial charge in [0, 0.05) is 17.8 Å². The quantitative estimate of drug-likeness (QED) is 0.767. The van der Waals surface area contributed by atoms with Gasteiger partial charge in [-0.2, -0.15) is 9.61 Å². The van der Waals surface area contributed by atoms with E-state index < -0.39 is 0 Å². The molecule has 0 saturated carbocycles. The fraction of sp³-hybridized carbons (Fsp3) is 0.538. The fourth-order valence-electron chi connectivity index (χ4n) is 2.66. The molecule has 2 unspecified atom stereocenters. The number of hydrogen-bond donors (Lipinski definition) is 0. The number of hydrogen-bond acceptors (Lipinski definition) is 4. The molecule has 2 aromatic rings. The first-order valence-electron chi connectivity index (χ1n) is 6.34. The van der Waals surface area contributed by atoms with E-state index in [9.17, 15) is 0 Å². The van der Waals surface area contributed by atoms with E-state index in [1.807, 2.05) is 17.5 Å². The van der Waals surface area contributed by atoms with Crippen molar-refractivity contribution >= 4 is 11.5 Å². The van der Waals surface area contributed by atoms with Crippen LogP contribution in [0.1, 0.15) is 19.5 Å².